The first-order chi connectivity index (χ1) is 12.3. The maximum atomic E-state index is 9.47. The fourth-order valence-corrected chi connectivity index (χ4v) is 3.21. The summed E-state index contributed by atoms with van der Waals surface area (Å²) >= 11 is 0. The van der Waals surface area contributed by atoms with Crippen molar-refractivity contribution in [2.45, 2.75) is 39.0 Å². The van der Waals surface area contributed by atoms with Gasteiger partial charge < -0.3 is 4.90 Å². The molecule has 26 heavy (non-hydrogen) atoms. The second kappa shape index (κ2) is 8.07. The maximum Gasteiger partial charge on any atom is 0.141 e. The lowest BCUT2D eigenvalue weighted by atomic mass is 9.84. The molecule has 3 heteroatoms. The van der Waals surface area contributed by atoms with Crippen LogP contribution < -0.4 is 4.90 Å². The van der Waals surface area contributed by atoms with Crippen LogP contribution in [0.25, 0.3) is 0 Å². The highest BCUT2D eigenvalue weighted by Crippen LogP contribution is 2.30. The lowest BCUT2D eigenvalue weighted by Gasteiger charge is -2.28. The van der Waals surface area contributed by atoms with E-state index in [4.69, 9.17) is 0 Å². The lowest BCUT2D eigenvalue weighted by molar-refractivity contribution is 0.589. The number of hydrogen-bond acceptors (Lipinski definition) is 3. The highest BCUT2D eigenvalue weighted by molar-refractivity contribution is 5.49. The Bertz CT molecular complexity index is 802. The highest BCUT2D eigenvalue weighted by atomic mass is 15.1. The Labute approximate surface area is 157 Å². The highest BCUT2D eigenvalue weighted by Gasteiger charge is 2.26. The molecule has 0 aliphatic heterocycles. The molecule has 3 nitrogen and oxygen atoms in total. The molecule has 0 radical (unpaired) electrons. The van der Waals surface area contributed by atoms with Crippen LogP contribution in [0.3, 0.4) is 0 Å². The fourth-order valence-electron chi connectivity index (χ4n) is 3.21. The van der Waals surface area contributed by atoms with E-state index in [1.54, 1.807) is 0 Å². The molecular weight excluding hydrogens is 318 g/mol. The first-order valence-electron chi connectivity index (χ1n) is 8.94. The molecule has 2 aromatic carbocycles. The second-order valence-corrected chi connectivity index (χ2v) is 7.88. The first kappa shape index (κ1) is 19.5. The van der Waals surface area contributed by atoms with Crippen molar-refractivity contribution in [3.8, 4) is 12.1 Å². The van der Waals surface area contributed by atoms with E-state index in [0.717, 1.165) is 16.8 Å². The summed E-state index contributed by atoms with van der Waals surface area (Å²) in [6.45, 7) is 9.25. The molecule has 0 spiro atoms. The van der Waals surface area contributed by atoms with E-state index in [-0.39, 0.29) is 11.3 Å². The van der Waals surface area contributed by atoms with E-state index in [0.29, 0.717) is 6.54 Å². The molecular formula is C23H27N3. The average Bonchev–Trinajstić information content (AvgIpc) is 2.61. The van der Waals surface area contributed by atoms with E-state index in [1.165, 1.54) is 5.56 Å². The molecule has 0 heterocycles. The molecule has 1 unspecified atom stereocenters. The summed E-state index contributed by atoms with van der Waals surface area (Å²) in [4.78, 5) is 2.13. The zero-order chi connectivity index (χ0) is 19.3. The zero-order valence-electron chi connectivity index (χ0n) is 16.3. The van der Waals surface area contributed by atoms with Gasteiger partial charge in [-0.1, -0.05) is 57.2 Å². The minimum atomic E-state index is -0.674. The van der Waals surface area contributed by atoms with Crippen LogP contribution in [0, 0.1) is 35.5 Å². The summed E-state index contributed by atoms with van der Waals surface area (Å²) in [6, 6.07) is 20.9. The van der Waals surface area contributed by atoms with Gasteiger partial charge >= 0.3 is 0 Å². The third-order valence-corrected chi connectivity index (χ3v) is 4.91. The third kappa shape index (κ3) is 4.44. The monoisotopic (exact) mass is 345 g/mol. The van der Waals surface area contributed by atoms with Crippen LogP contribution in [0.1, 0.15) is 43.4 Å². The Morgan fingerprint density at radius 1 is 0.962 bits per heavy atom. The van der Waals surface area contributed by atoms with Crippen molar-refractivity contribution in [3.63, 3.8) is 0 Å². The summed E-state index contributed by atoms with van der Waals surface area (Å²) < 4.78 is 0. The Kier molecular flexibility index (Phi) is 6.06. The minimum Gasteiger partial charge on any atom is -0.374 e. The number of likely N-dealkylation sites (N-methyl/N-ethyl adjacent to an activating group) is 1. The van der Waals surface area contributed by atoms with Crippen molar-refractivity contribution in [1.82, 2.24) is 0 Å². The zero-order valence-corrected chi connectivity index (χ0v) is 16.3. The molecule has 134 valence electrons. The molecule has 0 saturated heterocycles. The van der Waals surface area contributed by atoms with Crippen molar-refractivity contribution >= 4 is 5.69 Å². The van der Waals surface area contributed by atoms with Crippen molar-refractivity contribution < 1.29 is 0 Å². The molecule has 0 saturated carbocycles. The van der Waals surface area contributed by atoms with Crippen LogP contribution in [0.2, 0.25) is 0 Å². The Morgan fingerprint density at radius 3 is 2.04 bits per heavy atom. The quantitative estimate of drug-likeness (QED) is 0.750. The number of hydrogen-bond donors (Lipinski definition) is 0. The van der Waals surface area contributed by atoms with Gasteiger partial charge in [0.05, 0.1) is 12.1 Å². The summed E-state index contributed by atoms with van der Waals surface area (Å²) in [6.07, 6.45) is 0. The number of rotatable bonds is 5. The number of nitrogens with zero attached hydrogens (tertiary/aromatic N) is 3. The standard InChI is InChI=1S/C23H27N3/c1-17-8-6-7-9-21(17)22(18(14-24)15-25)16-26(5)20-12-10-19(11-13-20)23(2,3)4/h6-13,18,22H,16H2,1-5H3. The van der Waals surface area contributed by atoms with Crippen molar-refractivity contribution in [1.29, 1.82) is 10.5 Å². The topological polar surface area (TPSA) is 50.8 Å². The van der Waals surface area contributed by atoms with Crippen LogP contribution in [0.5, 0.6) is 0 Å². The van der Waals surface area contributed by atoms with Crippen LogP contribution in [-0.4, -0.2) is 13.6 Å². The fraction of sp³-hybridized carbons (Fsp3) is 0.391. The predicted octanol–water partition coefficient (Wildman–Crippen LogP) is 5.18. The summed E-state index contributed by atoms with van der Waals surface area (Å²) in [7, 11) is 2.02. The first-order valence-corrected chi connectivity index (χ1v) is 8.94. The van der Waals surface area contributed by atoms with Gasteiger partial charge in [0.1, 0.15) is 5.92 Å². The van der Waals surface area contributed by atoms with Crippen LogP contribution in [-0.2, 0) is 5.41 Å². The maximum absolute atomic E-state index is 9.47. The van der Waals surface area contributed by atoms with Crippen LogP contribution in [0.15, 0.2) is 48.5 Å². The molecule has 2 aromatic rings. The molecule has 0 aliphatic rings. The molecule has 0 aliphatic carbocycles. The van der Waals surface area contributed by atoms with Gasteiger partial charge in [-0.3, -0.25) is 0 Å². The Balaban J connectivity index is 2.30. The Hall–Kier alpha value is -2.78. The minimum absolute atomic E-state index is 0.119. The largest absolute Gasteiger partial charge is 0.374 e. The molecule has 1 atom stereocenters. The van der Waals surface area contributed by atoms with Crippen LogP contribution >= 0.6 is 0 Å². The van der Waals surface area contributed by atoms with Gasteiger partial charge in [0.2, 0.25) is 0 Å². The summed E-state index contributed by atoms with van der Waals surface area (Å²) in [5.74, 6) is -0.828. The second-order valence-electron chi connectivity index (χ2n) is 7.88. The van der Waals surface area contributed by atoms with Gasteiger partial charge in [0, 0.05) is 25.2 Å². The molecule has 0 amide bonds. The Morgan fingerprint density at radius 2 is 1.54 bits per heavy atom. The number of aryl methyl sites for hydroxylation is 1. The summed E-state index contributed by atoms with van der Waals surface area (Å²) in [5.41, 5.74) is 4.68. The summed E-state index contributed by atoms with van der Waals surface area (Å²) in [5, 5.41) is 18.9. The number of nitriles is 2. The molecule has 0 fully saturated rings. The van der Waals surface area contributed by atoms with Gasteiger partial charge in [-0.25, -0.2) is 0 Å². The van der Waals surface area contributed by atoms with E-state index >= 15 is 0 Å². The SMILES string of the molecule is Cc1ccccc1C(CN(C)c1ccc(C(C)(C)C)cc1)C(C#N)C#N. The number of benzene rings is 2. The van der Waals surface area contributed by atoms with Gasteiger partial charge in [0.25, 0.3) is 0 Å². The van der Waals surface area contributed by atoms with E-state index in [2.05, 4.69) is 62.1 Å². The normalized spacial score (nSPS) is 12.3. The molecule has 0 bridgehead atoms. The van der Waals surface area contributed by atoms with E-state index < -0.39 is 5.92 Å². The molecule has 0 N–H and O–H groups in total. The van der Waals surface area contributed by atoms with Crippen molar-refractivity contribution in [2.24, 2.45) is 5.92 Å². The number of anilines is 1. The van der Waals surface area contributed by atoms with Gasteiger partial charge in [-0.2, -0.15) is 10.5 Å². The lowest BCUT2D eigenvalue weighted by Crippen LogP contribution is -2.28. The van der Waals surface area contributed by atoms with E-state index in [9.17, 15) is 10.5 Å². The molecule has 0 aromatic heterocycles. The third-order valence-electron chi connectivity index (χ3n) is 4.91. The predicted molar refractivity (Wildman–Crippen MR) is 107 cm³/mol. The average molecular weight is 345 g/mol. The van der Waals surface area contributed by atoms with Crippen molar-refractivity contribution in [2.75, 3.05) is 18.5 Å². The smallest absolute Gasteiger partial charge is 0.141 e. The van der Waals surface area contributed by atoms with Gasteiger partial charge in [0.15, 0.2) is 0 Å². The van der Waals surface area contributed by atoms with Crippen LogP contribution in [0.4, 0.5) is 5.69 Å². The molecule has 2 rings (SSSR count). The van der Waals surface area contributed by atoms with Crippen molar-refractivity contribution in [3.05, 3.63) is 65.2 Å². The van der Waals surface area contributed by atoms with E-state index in [1.807, 2.05) is 38.2 Å². The van der Waals surface area contributed by atoms with Gasteiger partial charge in [-0.05, 0) is 41.2 Å². The van der Waals surface area contributed by atoms with Gasteiger partial charge in [-0.15, -0.1) is 0 Å².